The molecule has 4 rings (SSSR count). The molecule has 5 nitrogen and oxygen atoms in total. The lowest BCUT2D eigenvalue weighted by Gasteiger charge is -1.96. The summed E-state index contributed by atoms with van der Waals surface area (Å²) in [4.78, 5) is 16.7. The first-order valence-electron chi connectivity index (χ1n) is 7.50. The molecule has 0 saturated carbocycles. The van der Waals surface area contributed by atoms with Crippen LogP contribution in [0.25, 0.3) is 21.5 Å². The van der Waals surface area contributed by atoms with Crippen LogP contribution in [0.3, 0.4) is 0 Å². The molecule has 0 bridgehead atoms. The number of aryl methyl sites for hydroxylation is 1. The first kappa shape index (κ1) is 15.8. The van der Waals surface area contributed by atoms with Gasteiger partial charge in [-0.15, -0.1) is 0 Å². The number of thiazole rings is 1. The van der Waals surface area contributed by atoms with Crippen LogP contribution >= 0.6 is 22.9 Å². The summed E-state index contributed by atoms with van der Waals surface area (Å²) < 4.78 is 6.18. The van der Waals surface area contributed by atoms with Crippen LogP contribution in [-0.4, -0.2) is 16.0 Å². The minimum absolute atomic E-state index is 0.202. The molecule has 2 heterocycles. The summed E-state index contributed by atoms with van der Waals surface area (Å²) in [6, 6.07) is 14.8. The van der Waals surface area contributed by atoms with E-state index in [0.717, 1.165) is 21.3 Å². The summed E-state index contributed by atoms with van der Waals surface area (Å²) in [5, 5.41) is 7.71. The average molecular weight is 370 g/mol. The standard InChI is InChI=1S/C18H12ClN3O2S/c1-10-2-4-11(5-3-10)15-9-14(22-24-15)17(23)21-18-20-13-7-6-12(19)8-16(13)25-18/h2-9H,1H3,(H,20,21,23). The van der Waals surface area contributed by atoms with Crippen molar-refractivity contribution in [2.45, 2.75) is 6.92 Å². The third kappa shape index (κ3) is 3.26. The summed E-state index contributed by atoms with van der Waals surface area (Å²) in [5.74, 6) is 0.175. The van der Waals surface area contributed by atoms with Crippen molar-refractivity contribution in [2.24, 2.45) is 0 Å². The SMILES string of the molecule is Cc1ccc(-c2cc(C(=O)Nc3nc4ccc(Cl)cc4s3)no2)cc1. The fourth-order valence-corrected chi connectivity index (χ4v) is 3.49. The maximum atomic E-state index is 12.4. The number of carbonyl (C=O) groups is 1. The minimum Gasteiger partial charge on any atom is -0.355 e. The molecular formula is C18H12ClN3O2S. The molecule has 0 aliphatic rings. The van der Waals surface area contributed by atoms with Gasteiger partial charge in [0.15, 0.2) is 16.6 Å². The van der Waals surface area contributed by atoms with Gasteiger partial charge in [-0.1, -0.05) is 57.9 Å². The van der Waals surface area contributed by atoms with Gasteiger partial charge < -0.3 is 4.52 Å². The highest BCUT2D eigenvalue weighted by atomic mass is 35.5. The Morgan fingerprint density at radius 1 is 1.16 bits per heavy atom. The van der Waals surface area contributed by atoms with E-state index in [4.69, 9.17) is 16.1 Å². The van der Waals surface area contributed by atoms with E-state index in [1.165, 1.54) is 11.3 Å². The highest BCUT2D eigenvalue weighted by molar-refractivity contribution is 7.22. The number of halogens is 1. The number of nitrogens with zero attached hydrogens (tertiary/aromatic N) is 2. The molecular weight excluding hydrogens is 358 g/mol. The van der Waals surface area contributed by atoms with Crippen LogP contribution in [0.15, 0.2) is 53.1 Å². The van der Waals surface area contributed by atoms with E-state index in [1.807, 2.05) is 43.3 Å². The van der Waals surface area contributed by atoms with Crippen LogP contribution in [0.5, 0.6) is 0 Å². The largest absolute Gasteiger partial charge is 0.355 e. The van der Waals surface area contributed by atoms with Crippen molar-refractivity contribution < 1.29 is 9.32 Å². The second-order valence-corrected chi connectivity index (χ2v) is 6.99. The highest BCUT2D eigenvalue weighted by Gasteiger charge is 2.15. The van der Waals surface area contributed by atoms with Crippen molar-refractivity contribution in [1.82, 2.24) is 10.1 Å². The second kappa shape index (κ2) is 6.31. The van der Waals surface area contributed by atoms with Crippen molar-refractivity contribution >= 4 is 44.2 Å². The number of hydrogen-bond acceptors (Lipinski definition) is 5. The van der Waals surface area contributed by atoms with Crippen LogP contribution in [0.2, 0.25) is 5.02 Å². The van der Waals surface area contributed by atoms with Crippen LogP contribution in [0, 0.1) is 6.92 Å². The summed E-state index contributed by atoms with van der Waals surface area (Å²) >= 11 is 7.32. The van der Waals surface area contributed by atoms with E-state index >= 15 is 0 Å². The Balaban J connectivity index is 1.55. The Morgan fingerprint density at radius 2 is 1.96 bits per heavy atom. The molecule has 124 valence electrons. The molecule has 2 aromatic heterocycles. The van der Waals surface area contributed by atoms with Crippen LogP contribution in [0.1, 0.15) is 16.1 Å². The van der Waals surface area contributed by atoms with E-state index in [-0.39, 0.29) is 11.6 Å². The Bertz CT molecular complexity index is 1070. The number of nitrogens with one attached hydrogen (secondary N) is 1. The van der Waals surface area contributed by atoms with Gasteiger partial charge in [-0.3, -0.25) is 10.1 Å². The zero-order valence-electron chi connectivity index (χ0n) is 13.1. The molecule has 0 aliphatic carbocycles. The molecule has 0 saturated heterocycles. The van der Waals surface area contributed by atoms with E-state index in [0.29, 0.717) is 15.9 Å². The average Bonchev–Trinajstić information content (AvgIpc) is 3.21. The van der Waals surface area contributed by atoms with E-state index < -0.39 is 0 Å². The topological polar surface area (TPSA) is 68.0 Å². The van der Waals surface area contributed by atoms with Crippen LogP contribution < -0.4 is 5.32 Å². The molecule has 0 fully saturated rings. The molecule has 0 aliphatic heterocycles. The lowest BCUT2D eigenvalue weighted by Crippen LogP contribution is -2.11. The van der Waals surface area contributed by atoms with Crippen LogP contribution in [0.4, 0.5) is 5.13 Å². The molecule has 1 amide bonds. The predicted octanol–water partition coefficient (Wildman–Crippen LogP) is 5.17. The van der Waals surface area contributed by atoms with Gasteiger partial charge in [0, 0.05) is 16.7 Å². The summed E-state index contributed by atoms with van der Waals surface area (Å²) in [5.41, 5.74) is 3.00. The first-order valence-corrected chi connectivity index (χ1v) is 8.69. The van der Waals surface area contributed by atoms with Gasteiger partial charge in [0.05, 0.1) is 10.2 Å². The van der Waals surface area contributed by atoms with E-state index in [9.17, 15) is 4.79 Å². The molecule has 0 atom stereocenters. The van der Waals surface area contributed by atoms with Gasteiger partial charge >= 0.3 is 0 Å². The summed E-state index contributed by atoms with van der Waals surface area (Å²) in [6.07, 6.45) is 0. The van der Waals surface area contributed by atoms with Gasteiger partial charge in [-0.2, -0.15) is 0 Å². The number of rotatable bonds is 3. The number of anilines is 1. The maximum Gasteiger partial charge on any atom is 0.279 e. The Kier molecular flexibility index (Phi) is 3.99. The van der Waals surface area contributed by atoms with Crippen molar-refractivity contribution in [3.63, 3.8) is 0 Å². The molecule has 0 spiro atoms. The van der Waals surface area contributed by atoms with Crippen molar-refractivity contribution in [3.05, 3.63) is 64.8 Å². The molecule has 7 heteroatoms. The van der Waals surface area contributed by atoms with Gasteiger partial charge in [-0.25, -0.2) is 4.98 Å². The highest BCUT2D eigenvalue weighted by Crippen LogP contribution is 2.29. The number of aromatic nitrogens is 2. The van der Waals surface area contributed by atoms with Crippen molar-refractivity contribution in [2.75, 3.05) is 5.32 Å². The number of carbonyl (C=O) groups excluding carboxylic acids is 1. The summed E-state index contributed by atoms with van der Waals surface area (Å²) in [6.45, 7) is 2.01. The van der Waals surface area contributed by atoms with Crippen molar-refractivity contribution in [1.29, 1.82) is 0 Å². The quantitative estimate of drug-likeness (QED) is 0.541. The maximum absolute atomic E-state index is 12.4. The molecule has 0 unspecified atom stereocenters. The lowest BCUT2D eigenvalue weighted by molar-refractivity contribution is 0.101. The lowest BCUT2D eigenvalue weighted by atomic mass is 10.1. The van der Waals surface area contributed by atoms with Gasteiger partial charge in [0.1, 0.15) is 0 Å². The molecule has 0 radical (unpaired) electrons. The predicted molar refractivity (Wildman–Crippen MR) is 99.3 cm³/mol. The Labute approximate surface area is 152 Å². The molecule has 2 aromatic carbocycles. The zero-order valence-corrected chi connectivity index (χ0v) is 14.7. The van der Waals surface area contributed by atoms with E-state index in [1.54, 1.807) is 12.1 Å². The van der Waals surface area contributed by atoms with Crippen molar-refractivity contribution in [3.8, 4) is 11.3 Å². The first-order chi connectivity index (χ1) is 12.1. The zero-order chi connectivity index (χ0) is 17.4. The molecule has 4 aromatic rings. The molecule has 1 N–H and O–H groups in total. The second-order valence-electron chi connectivity index (χ2n) is 5.53. The van der Waals surface area contributed by atoms with Crippen LogP contribution in [-0.2, 0) is 0 Å². The van der Waals surface area contributed by atoms with E-state index in [2.05, 4.69) is 15.5 Å². The fraction of sp³-hybridized carbons (Fsp3) is 0.0556. The smallest absolute Gasteiger partial charge is 0.279 e. The number of benzene rings is 2. The Morgan fingerprint density at radius 3 is 2.76 bits per heavy atom. The van der Waals surface area contributed by atoms with Gasteiger partial charge in [0.2, 0.25) is 0 Å². The van der Waals surface area contributed by atoms with Gasteiger partial charge in [0.25, 0.3) is 5.91 Å². The monoisotopic (exact) mass is 369 g/mol. The third-order valence-electron chi connectivity index (χ3n) is 3.65. The normalized spacial score (nSPS) is 11.0. The number of amides is 1. The minimum atomic E-state index is -0.368. The fourth-order valence-electron chi connectivity index (χ4n) is 2.35. The number of fused-ring (bicyclic) bond motifs is 1. The molecule has 25 heavy (non-hydrogen) atoms. The third-order valence-corrected chi connectivity index (χ3v) is 4.82. The number of hydrogen-bond donors (Lipinski definition) is 1. The summed E-state index contributed by atoms with van der Waals surface area (Å²) in [7, 11) is 0. The van der Waals surface area contributed by atoms with Gasteiger partial charge in [-0.05, 0) is 25.1 Å². The Hall–Kier alpha value is -2.70.